The van der Waals surface area contributed by atoms with Crippen LogP contribution in [0.3, 0.4) is 0 Å². The lowest BCUT2D eigenvalue weighted by molar-refractivity contribution is -0.124. The highest BCUT2D eigenvalue weighted by atomic mass is 35.5. The Hall–Kier alpha value is -0.930. The zero-order valence-electron chi connectivity index (χ0n) is 12.4. The lowest BCUT2D eigenvalue weighted by atomic mass is 9.78. The predicted octanol–water partition coefficient (Wildman–Crippen LogP) is 4.31. The summed E-state index contributed by atoms with van der Waals surface area (Å²) < 4.78 is 5.45. The Labute approximate surface area is 136 Å². The lowest BCUT2D eigenvalue weighted by Crippen LogP contribution is -2.45. The normalized spacial score (nSPS) is 25.4. The molecule has 1 aliphatic rings. The van der Waals surface area contributed by atoms with E-state index < -0.39 is 0 Å². The number of halogens is 2. The maximum absolute atomic E-state index is 12.0. The maximum atomic E-state index is 12.0. The monoisotopic (exact) mass is 329 g/mol. The van der Waals surface area contributed by atoms with Gasteiger partial charge in [-0.3, -0.25) is 4.79 Å². The van der Waals surface area contributed by atoms with Crippen LogP contribution in [-0.2, 0) is 4.79 Å². The summed E-state index contributed by atoms with van der Waals surface area (Å²) in [6.07, 6.45) is 3.44. The second-order valence-electron chi connectivity index (χ2n) is 5.78. The van der Waals surface area contributed by atoms with Gasteiger partial charge in [-0.15, -0.1) is 0 Å². The molecule has 1 saturated carbocycles. The van der Waals surface area contributed by atoms with Crippen molar-refractivity contribution in [3.63, 3.8) is 0 Å². The molecular formula is C16H21Cl2NO2. The Bertz CT molecular complexity index is 507. The van der Waals surface area contributed by atoms with E-state index in [1.54, 1.807) is 18.2 Å². The minimum Gasteiger partial charge on any atom is -0.482 e. The van der Waals surface area contributed by atoms with Crippen molar-refractivity contribution in [2.45, 2.75) is 39.2 Å². The van der Waals surface area contributed by atoms with Crippen molar-refractivity contribution >= 4 is 29.1 Å². The highest BCUT2D eigenvalue weighted by Gasteiger charge is 2.28. The lowest BCUT2D eigenvalue weighted by Gasteiger charge is -2.34. The van der Waals surface area contributed by atoms with Crippen molar-refractivity contribution in [3.8, 4) is 5.75 Å². The molecule has 1 amide bonds. The third kappa shape index (κ3) is 4.27. The van der Waals surface area contributed by atoms with Crippen LogP contribution in [0, 0.1) is 11.8 Å². The topological polar surface area (TPSA) is 38.3 Å². The third-order valence-corrected chi connectivity index (χ3v) is 5.13. The fourth-order valence-electron chi connectivity index (χ4n) is 2.77. The SMILES string of the molecule is C[C@H]1[C@@H](NC(=O)COc2cccc(Cl)c2Cl)CCC[C@@H]1C. The first kappa shape index (κ1) is 16.4. The van der Waals surface area contributed by atoms with Crippen LogP contribution in [0.25, 0.3) is 0 Å². The summed E-state index contributed by atoms with van der Waals surface area (Å²) in [5.74, 6) is 1.46. The highest BCUT2D eigenvalue weighted by molar-refractivity contribution is 6.42. The van der Waals surface area contributed by atoms with Gasteiger partial charge in [-0.1, -0.05) is 56.0 Å². The highest BCUT2D eigenvalue weighted by Crippen LogP contribution is 2.31. The quantitative estimate of drug-likeness (QED) is 0.893. The first-order valence-electron chi connectivity index (χ1n) is 7.35. The molecular weight excluding hydrogens is 309 g/mol. The second kappa shape index (κ2) is 7.37. The van der Waals surface area contributed by atoms with E-state index in [1.807, 2.05) is 0 Å². The average Bonchev–Trinajstić information content (AvgIpc) is 2.45. The number of hydrogen-bond acceptors (Lipinski definition) is 2. The van der Waals surface area contributed by atoms with Crippen molar-refractivity contribution in [2.24, 2.45) is 11.8 Å². The van der Waals surface area contributed by atoms with Crippen LogP contribution in [0.1, 0.15) is 33.1 Å². The molecule has 1 aromatic carbocycles. The molecule has 5 heteroatoms. The zero-order chi connectivity index (χ0) is 15.4. The first-order chi connectivity index (χ1) is 9.99. The molecule has 3 nitrogen and oxygen atoms in total. The number of carbonyl (C=O) groups excluding carboxylic acids is 1. The molecule has 0 aromatic heterocycles. The molecule has 0 radical (unpaired) electrons. The van der Waals surface area contributed by atoms with Crippen molar-refractivity contribution < 1.29 is 9.53 Å². The summed E-state index contributed by atoms with van der Waals surface area (Å²) in [6.45, 7) is 4.40. The average molecular weight is 330 g/mol. The van der Waals surface area contributed by atoms with Crippen molar-refractivity contribution in [1.82, 2.24) is 5.32 Å². The van der Waals surface area contributed by atoms with Gasteiger partial charge >= 0.3 is 0 Å². The van der Waals surface area contributed by atoms with Gasteiger partial charge in [0.15, 0.2) is 6.61 Å². The first-order valence-corrected chi connectivity index (χ1v) is 8.10. The van der Waals surface area contributed by atoms with Crippen LogP contribution in [0.4, 0.5) is 0 Å². The zero-order valence-corrected chi connectivity index (χ0v) is 13.9. The van der Waals surface area contributed by atoms with Gasteiger partial charge in [0, 0.05) is 6.04 Å². The fraction of sp³-hybridized carbons (Fsp3) is 0.562. The summed E-state index contributed by atoms with van der Waals surface area (Å²) in [5.41, 5.74) is 0. The summed E-state index contributed by atoms with van der Waals surface area (Å²) in [5, 5.41) is 3.82. The molecule has 0 heterocycles. The number of carbonyl (C=O) groups is 1. The van der Waals surface area contributed by atoms with Crippen LogP contribution in [0.2, 0.25) is 10.0 Å². The molecule has 0 spiro atoms. The molecule has 0 aliphatic heterocycles. The predicted molar refractivity (Wildman–Crippen MR) is 86.1 cm³/mol. The fourth-order valence-corrected chi connectivity index (χ4v) is 3.12. The maximum Gasteiger partial charge on any atom is 0.258 e. The van der Waals surface area contributed by atoms with E-state index >= 15 is 0 Å². The Morgan fingerprint density at radius 3 is 2.86 bits per heavy atom. The van der Waals surface area contributed by atoms with Crippen LogP contribution in [-0.4, -0.2) is 18.6 Å². The van der Waals surface area contributed by atoms with Crippen molar-refractivity contribution in [1.29, 1.82) is 0 Å². The van der Waals surface area contributed by atoms with Crippen LogP contribution >= 0.6 is 23.2 Å². The minimum atomic E-state index is -0.114. The molecule has 1 aromatic rings. The van der Waals surface area contributed by atoms with E-state index in [1.165, 1.54) is 6.42 Å². The van der Waals surface area contributed by atoms with E-state index in [9.17, 15) is 4.79 Å². The Morgan fingerprint density at radius 1 is 1.33 bits per heavy atom. The molecule has 1 fully saturated rings. The molecule has 116 valence electrons. The smallest absolute Gasteiger partial charge is 0.258 e. The van der Waals surface area contributed by atoms with Gasteiger partial charge in [-0.2, -0.15) is 0 Å². The minimum absolute atomic E-state index is 0.0440. The number of amides is 1. The van der Waals surface area contributed by atoms with Gasteiger partial charge in [-0.05, 0) is 30.4 Å². The number of rotatable bonds is 4. The molecule has 0 saturated heterocycles. The number of benzene rings is 1. The molecule has 2 rings (SSSR count). The van der Waals surface area contributed by atoms with E-state index in [2.05, 4.69) is 19.2 Å². The van der Waals surface area contributed by atoms with Crippen molar-refractivity contribution in [2.75, 3.05) is 6.61 Å². The Kier molecular flexibility index (Phi) is 5.77. The van der Waals surface area contributed by atoms with E-state index in [4.69, 9.17) is 27.9 Å². The largest absolute Gasteiger partial charge is 0.482 e. The van der Waals surface area contributed by atoms with Gasteiger partial charge in [0.2, 0.25) is 0 Å². The molecule has 1 N–H and O–H groups in total. The van der Waals surface area contributed by atoms with E-state index in [-0.39, 0.29) is 18.6 Å². The van der Waals surface area contributed by atoms with Gasteiger partial charge in [0.1, 0.15) is 10.8 Å². The molecule has 1 aliphatic carbocycles. The summed E-state index contributed by atoms with van der Waals surface area (Å²) in [6, 6.07) is 5.36. The van der Waals surface area contributed by atoms with Gasteiger partial charge in [0.05, 0.1) is 5.02 Å². The van der Waals surface area contributed by atoms with Crippen LogP contribution < -0.4 is 10.1 Å². The number of ether oxygens (including phenoxy) is 1. The third-order valence-electron chi connectivity index (χ3n) is 4.33. The standard InChI is InChI=1S/C16H21Cl2NO2/c1-10-5-3-7-13(11(10)2)19-15(20)9-21-14-8-4-6-12(17)16(14)18/h4,6,8,10-11,13H,3,5,7,9H2,1-2H3,(H,19,20)/t10-,11+,13-/m0/s1. The molecule has 21 heavy (non-hydrogen) atoms. The van der Waals surface area contributed by atoms with Crippen molar-refractivity contribution in [3.05, 3.63) is 28.2 Å². The summed E-state index contributed by atoms with van der Waals surface area (Å²) >= 11 is 11.9. The van der Waals surface area contributed by atoms with Gasteiger partial charge < -0.3 is 10.1 Å². The molecule has 0 unspecified atom stereocenters. The molecule has 3 atom stereocenters. The second-order valence-corrected chi connectivity index (χ2v) is 6.57. The number of hydrogen-bond donors (Lipinski definition) is 1. The Morgan fingerprint density at radius 2 is 2.10 bits per heavy atom. The number of nitrogens with one attached hydrogen (secondary N) is 1. The van der Waals surface area contributed by atoms with E-state index in [0.29, 0.717) is 27.6 Å². The van der Waals surface area contributed by atoms with Gasteiger partial charge in [-0.25, -0.2) is 0 Å². The summed E-state index contributed by atoms with van der Waals surface area (Å²) in [4.78, 5) is 12.0. The Balaban J connectivity index is 1.86. The van der Waals surface area contributed by atoms with Crippen LogP contribution in [0.15, 0.2) is 18.2 Å². The van der Waals surface area contributed by atoms with E-state index in [0.717, 1.165) is 12.8 Å². The molecule has 0 bridgehead atoms. The van der Waals surface area contributed by atoms with Gasteiger partial charge in [0.25, 0.3) is 5.91 Å². The summed E-state index contributed by atoms with van der Waals surface area (Å²) in [7, 11) is 0. The van der Waals surface area contributed by atoms with Crippen LogP contribution in [0.5, 0.6) is 5.75 Å².